The van der Waals surface area contributed by atoms with Gasteiger partial charge in [0.1, 0.15) is 0 Å². The van der Waals surface area contributed by atoms with E-state index in [0.717, 1.165) is 41.0 Å². The van der Waals surface area contributed by atoms with Gasteiger partial charge in [0.2, 0.25) is 0 Å². The molecule has 0 saturated heterocycles. The normalized spacial score (nSPS) is 11.2. The number of aliphatic imine (C=N–C) groups is 1. The van der Waals surface area contributed by atoms with Crippen molar-refractivity contribution < 1.29 is 4.74 Å². The zero-order valence-electron chi connectivity index (χ0n) is 16.4. The second kappa shape index (κ2) is 12.2. The first kappa shape index (κ1) is 23.7. The average Bonchev–Trinajstić information content (AvgIpc) is 2.90. The Bertz CT molecular complexity index is 748. The molecule has 150 valence electrons. The summed E-state index contributed by atoms with van der Waals surface area (Å²) in [4.78, 5) is 4.64. The molecule has 6 nitrogen and oxygen atoms in total. The highest BCUT2D eigenvalue weighted by molar-refractivity contribution is 14.0. The van der Waals surface area contributed by atoms with Crippen LogP contribution in [0.5, 0.6) is 0 Å². The number of nitrogens with one attached hydrogen (secondary N) is 2. The number of methoxy groups -OCH3 is 1. The summed E-state index contributed by atoms with van der Waals surface area (Å²) in [7, 11) is 1.70. The first-order chi connectivity index (χ1) is 12.6. The summed E-state index contributed by atoms with van der Waals surface area (Å²) in [5, 5.41) is 12.0. The van der Waals surface area contributed by atoms with Crippen LogP contribution in [0.1, 0.15) is 29.4 Å². The summed E-state index contributed by atoms with van der Waals surface area (Å²) in [6, 6.07) is 7.77. The molecule has 0 unspecified atom stereocenters. The number of ether oxygens (including phenoxy) is 1. The minimum atomic E-state index is 0. The van der Waals surface area contributed by atoms with Crippen molar-refractivity contribution >= 4 is 41.5 Å². The molecule has 1 aromatic heterocycles. The number of hydrogen-bond donors (Lipinski definition) is 2. The molecule has 2 N–H and O–H groups in total. The molecule has 0 saturated carbocycles. The van der Waals surface area contributed by atoms with Crippen molar-refractivity contribution in [3.05, 3.63) is 51.8 Å². The first-order valence-corrected chi connectivity index (χ1v) is 9.22. The van der Waals surface area contributed by atoms with Crippen LogP contribution in [0, 0.1) is 13.8 Å². The van der Waals surface area contributed by atoms with Gasteiger partial charge in [0.05, 0.1) is 25.4 Å². The Morgan fingerprint density at radius 3 is 2.67 bits per heavy atom. The fourth-order valence-corrected chi connectivity index (χ4v) is 2.89. The fraction of sp³-hybridized carbons (Fsp3) is 0.474. The van der Waals surface area contributed by atoms with Crippen molar-refractivity contribution in [3.8, 4) is 0 Å². The molecule has 0 fully saturated rings. The van der Waals surface area contributed by atoms with E-state index in [1.807, 2.05) is 42.8 Å². The van der Waals surface area contributed by atoms with Crippen LogP contribution in [0.2, 0.25) is 5.02 Å². The van der Waals surface area contributed by atoms with Gasteiger partial charge in [0.15, 0.2) is 5.96 Å². The molecule has 0 amide bonds. The quantitative estimate of drug-likeness (QED) is 0.326. The van der Waals surface area contributed by atoms with Gasteiger partial charge in [-0.25, -0.2) is 4.99 Å². The summed E-state index contributed by atoms with van der Waals surface area (Å²) in [5.41, 5.74) is 4.36. The minimum Gasteiger partial charge on any atom is -0.383 e. The molecular weight excluding hydrogens is 477 g/mol. The van der Waals surface area contributed by atoms with Gasteiger partial charge in [-0.1, -0.05) is 29.8 Å². The lowest BCUT2D eigenvalue weighted by Gasteiger charge is -2.12. The lowest BCUT2D eigenvalue weighted by Crippen LogP contribution is -2.37. The molecule has 0 aliphatic rings. The largest absolute Gasteiger partial charge is 0.383 e. The van der Waals surface area contributed by atoms with Gasteiger partial charge in [-0.3, -0.25) is 4.68 Å². The van der Waals surface area contributed by atoms with E-state index in [9.17, 15) is 0 Å². The molecule has 0 bridgehead atoms. The number of nitrogens with zero attached hydrogens (tertiary/aromatic N) is 3. The van der Waals surface area contributed by atoms with Crippen LogP contribution in [0.25, 0.3) is 0 Å². The van der Waals surface area contributed by atoms with Gasteiger partial charge < -0.3 is 15.4 Å². The Hall–Kier alpha value is -1.32. The van der Waals surface area contributed by atoms with Gasteiger partial charge in [0, 0.05) is 36.5 Å². The third kappa shape index (κ3) is 6.97. The van der Waals surface area contributed by atoms with Gasteiger partial charge in [-0.2, -0.15) is 5.10 Å². The number of aromatic nitrogens is 2. The molecule has 0 spiro atoms. The van der Waals surface area contributed by atoms with Crippen LogP contribution >= 0.6 is 35.6 Å². The molecule has 8 heteroatoms. The highest BCUT2D eigenvalue weighted by Crippen LogP contribution is 2.16. The third-order valence-corrected chi connectivity index (χ3v) is 4.55. The number of aryl methyl sites for hydroxylation is 1. The Labute approximate surface area is 183 Å². The third-order valence-electron chi connectivity index (χ3n) is 4.18. The second-order valence-electron chi connectivity index (χ2n) is 6.01. The van der Waals surface area contributed by atoms with Crippen LogP contribution in [-0.4, -0.2) is 36.0 Å². The lowest BCUT2D eigenvalue weighted by molar-refractivity contribution is 0.182. The average molecular weight is 506 g/mol. The van der Waals surface area contributed by atoms with E-state index < -0.39 is 0 Å². The first-order valence-electron chi connectivity index (χ1n) is 8.84. The molecule has 27 heavy (non-hydrogen) atoms. The Kier molecular flexibility index (Phi) is 10.7. The Morgan fingerprint density at radius 2 is 2.00 bits per heavy atom. The molecular formula is C19H29ClIN5O. The number of benzene rings is 1. The molecule has 2 aromatic rings. The lowest BCUT2D eigenvalue weighted by atomic mass is 10.2. The van der Waals surface area contributed by atoms with Crippen molar-refractivity contribution in [1.82, 2.24) is 20.4 Å². The van der Waals surface area contributed by atoms with E-state index in [-0.39, 0.29) is 24.0 Å². The smallest absolute Gasteiger partial charge is 0.191 e. The highest BCUT2D eigenvalue weighted by Gasteiger charge is 2.12. The molecule has 0 atom stereocenters. The number of rotatable bonds is 8. The number of halogens is 2. The zero-order chi connectivity index (χ0) is 18.9. The van der Waals surface area contributed by atoms with Crippen molar-refractivity contribution in [2.24, 2.45) is 4.99 Å². The predicted octanol–water partition coefficient (Wildman–Crippen LogP) is 3.67. The monoisotopic (exact) mass is 505 g/mol. The summed E-state index contributed by atoms with van der Waals surface area (Å²) in [6.07, 6.45) is 0. The predicted molar refractivity (Wildman–Crippen MR) is 122 cm³/mol. The maximum absolute atomic E-state index is 6.21. The van der Waals surface area contributed by atoms with Crippen LogP contribution in [-0.2, 0) is 24.4 Å². The van der Waals surface area contributed by atoms with Crippen molar-refractivity contribution in [1.29, 1.82) is 0 Å². The minimum absolute atomic E-state index is 0. The topological polar surface area (TPSA) is 63.5 Å². The molecule has 1 aromatic carbocycles. The van der Waals surface area contributed by atoms with Crippen LogP contribution in [0.4, 0.5) is 0 Å². The summed E-state index contributed by atoms with van der Waals surface area (Å²) >= 11 is 6.21. The van der Waals surface area contributed by atoms with Crippen LogP contribution in [0.3, 0.4) is 0 Å². The van der Waals surface area contributed by atoms with Gasteiger partial charge in [-0.05, 0) is 32.4 Å². The van der Waals surface area contributed by atoms with E-state index in [2.05, 4.69) is 27.6 Å². The number of hydrogen-bond acceptors (Lipinski definition) is 3. The molecule has 2 rings (SSSR count). The van der Waals surface area contributed by atoms with Crippen molar-refractivity contribution in [2.75, 3.05) is 20.3 Å². The standard InChI is InChI=1S/C19H28ClN5O.HI/c1-5-21-19(22-12-16-8-6-7-9-18(16)20)23-13-17-14(2)24-25(15(17)3)10-11-26-4;/h6-9H,5,10-13H2,1-4H3,(H2,21,22,23);1H. The van der Waals surface area contributed by atoms with E-state index in [4.69, 9.17) is 16.3 Å². The van der Waals surface area contributed by atoms with Gasteiger partial charge >= 0.3 is 0 Å². The number of guanidine groups is 1. The van der Waals surface area contributed by atoms with E-state index in [1.54, 1.807) is 7.11 Å². The summed E-state index contributed by atoms with van der Waals surface area (Å²) in [5.74, 6) is 0.760. The van der Waals surface area contributed by atoms with Gasteiger partial charge in [-0.15, -0.1) is 24.0 Å². The maximum atomic E-state index is 6.21. The molecule has 1 heterocycles. The van der Waals surface area contributed by atoms with Crippen molar-refractivity contribution in [2.45, 2.75) is 40.4 Å². The summed E-state index contributed by atoms with van der Waals surface area (Å²) < 4.78 is 7.14. The van der Waals surface area contributed by atoms with E-state index in [1.165, 1.54) is 5.56 Å². The van der Waals surface area contributed by atoms with Crippen LogP contribution in [0.15, 0.2) is 29.3 Å². The SMILES string of the molecule is CCNC(=NCc1ccccc1Cl)NCc1c(C)nn(CCOC)c1C.I. The van der Waals surface area contributed by atoms with Crippen LogP contribution < -0.4 is 10.6 Å². The van der Waals surface area contributed by atoms with E-state index in [0.29, 0.717) is 19.7 Å². The second-order valence-corrected chi connectivity index (χ2v) is 6.41. The summed E-state index contributed by atoms with van der Waals surface area (Å²) in [6.45, 7) is 9.55. The highest BCUT2D eigenvalue weighted by atomic mass is 127. The Balaban J connectivity index is 0.00000364. The van der Waals surface area contributed by atoms with Crippen molar-refractivity contribution in [3.63, 3.8) is 0 Å². The van der Waals surface area contributed by atoms with Gasteiger partial charge in [0.25, 0.3) is 0 Å². The fourth-order valence-electron chi connectivity index (χ4n) is 2.69. The maximum Gasteiger partial charge on any atom is 0.191 e. The molecule has 0 aliphatic carbocycles. The molecule has 0 radical (unpaired) electrons. The molecule has 0 aliphatic heterocycles. The zero-order valence-corrected chi connectivity index (χ0v) is 19.5. The van der Waals surface area contributed by atoms with E-state index >= 15 is 0 Å². The Morgan fingerprint density at radius 1 is 1.26 bits per heavy atom.